The average molecular weight is 414 g/mol. The van der Waals surface area contributed by atoms with Gasteiger partial charge in [0.25, 0.3) is 6.01 Å². The summed E-state index contributed by atoms with van der Waals surface area (Å²) < 4.78 is 40.3. The second kappa shape index (κ2) is 6.14. The monoisotopic (exact) mass is 413 g/mol. The summed E-state index contributed by atoms with van der Waals surface area (Å²) in [5, 5.41) is 10.1. The molecule has 2 N–H and O–H groups in total. The number of nitrogens with zero attached hydrogens (tertiary/aromatic N) is 2. The van der Waals surface area contributed by atoms with Crippen molar-refractivity contribution < 1.29 is 27.7 Å². The summed E-state index contributed by atoms with van der Waals surface area (Å²) in [7, 11) is -3.13. The number of imidazole rings is 1. The fraction of sp³-hybridized carbons (Fsp3) is 0.500. The van der Waals surface area contributed by atoms with Gasteiger partial charge in [0.2, 0.25) is 0 Å². The van der Waals surface area contributed by atoms with Crippen molar-refractivity contribution in [3.05, 3.63) is 22.9 Å². The normalized spacial score (nSPS) is 32.0. The van der Waals surface area contributed by atoms with E-state index in [1.807, 2.05) is 0 Å². The fourth-order valence-corrected chi connectivity index (χ4v) is 5.19. The number of rotatable bonds is 3. The number of aromatic nitrogens is 3. The first-order chi connectivity index (χ1) is 12.9. The number of H-pyrrole nitrogens is 1. The summed E-state index contributed by atoms with van der Waals surface area (Å²) in [6.45, 7) is 0.501. The number of hydrogen-bond acceptors (Lipinski definition) is 8. The van der Waals surface area contributed by atoms with Gasteiger partial charge in [0, 0.05) is 0 Å². The van der Waals surface area contributed by atoms with Crippen molar-refractivity contribution in [2.24, 2.45) is 0 Å². The molecule has 4 atom stereocenters. The predicted octanol–water partition coefficient (Wildman–Crippen LogP) is 0.329. The molecule has 3 aliphatic rings. The molecule has 9 nitrogen and oxygen atoms in total. The third-order valence-corrected chi connectivity index (χ3v) is 6.63. The number of aliphatic hydroxyl groups is 1. The zero-order chi connectivity index (χ0) is 18.8. The Morgan fingerprint density at radius 2 is 2.07 bits per heavy atom. The van der Waals surface area contributed by atoms with Crippen molar-refractivity contribution in [1.29, 1.82) is 0 Å². The minimum Gasteiger partial charge on any atom is -0.456 e. The molecule has 5 heterocycles. The maximum Gasteiger partial charge on any atom is 0.296 e. The first kappa shape index (κ1) is 17.4. The lowest BCUT2D eigenvalue weighted by Crippen LogP contribution is -2.34. The summed E-state index contributed by atoms with van der Waals surface area (Å²) in [5.41, 5.74) is 1.93. The Morgan fingerprint density at radius 3 is 2.85 bits per heavy atom. The molecule has 0 amide bonds. The standard InChI is InChI=1S/C16H16ClN3O6S/c17-8-3-9-15(19-12(8)7-1-2-27(22,23)6-7)20-16(18-9)26-11-5-25-13-10(21)4-24-14(11)13/h1,3,10-11,13-14,21H,2,4-6H2,(H,18,19,20). The largest absolute Gasteiger partial charge is 0.456 e. The minimum atomic E-state index is -3.13. The van der Waals surface area contributed by atoms with Gasteiger partial charge < -0.3 is 24.3 Å². The van der Waals surface area contributed by atoms with Gasteiger partial charge >= 0.3 is 0 Å². The Labute approximate surface area is 159 Å². The third kappa shape index (κ3) is 3.01. The van der Waals surface area contributed by atoms with E-state index in [-0.39, 0.29) is 36.8 Å². The van der Waals surface area contributed by atoms with Crippen LogP contribution in [-0.2, 0) is 19.3 Å². The molecule has 3 aliphatic heterocycles. The second-order valence-corrected chi connectivity index (χ2v) is 9.35. The number of aliphatic hydroxyl groups excluding tert-OH is 1. The summed E-state index contributed by atoms with van der Waals surface area (Å²) in [5.74, 6) is -0.0927. The number of hydrogen-bond donors (Lipinski definition) is 2. The highest BCUT2D eigenvalue weighted by Crippen LogP contribution is 2.32. The molecule has 0 saturated carbocycles. The lowest BCUT2D eigenvalue weighted by atomic mass is 10.1. The van der Waals surface area contributed by atoms with Crippen LogP contribution in [0.15, 0.2) is 12.1 Å². The summed E-state index contributed by atoms with van der Waals surface area (Å²) in [6.07, 6.45) is -0.175. The van der Waals surface area contributed by atoms with E-state index in [1.54, 1.807) is 12.1 Å². The molecule has 2 saturated heterocycles. The molecule has 2 fully saturated rings. The highest BCUT2D eigenvalue weighted by Gasteiger charge is 2.48. The van der Waals surface area contributed by atoms with Crippen LogP contribution in [0.5, 0.6) is 6.01 Å². The highest BCUT2D eigenvalue weighted by atomic mass is 35.5. The van der Waals surface area contributed by atoms with Gasteiger partial charge in [-0.2, -0.15) is 4.98 Å². The Bertz CT molecular complexity index is 1050. The van der Waals surface area contributed by atoms with Gasteiger partial charge in [-0.1, -0.05) is 17.7 Å². The van der Waals surface area contributed by atoms with Crippen LogP contribution in [0.4, 0.5) is 0 Å². The van der Waals surface area contributed by atoms with Gasteiger partial charge in [0.15, 0.2) is 21.6 Å². The van der Waals surface area contributed by atoms with E-state index < -0.39 is 28.1 Å². The van der Waals surface area contributed by atoms with Crippen molar-refractivity contribution in [2.75, 3.05) is 24.7 Å². The topological polar surface area (TPSA) is 124 Å². The number of aromatic amines is 1. The minimum absolute atomic E-state index is 0.0105. The van der Waals surface area contributed by atoms with Crippen LogP contribution >= 0.6 is 11.6 Å². The molecule has 0 spiro atoms. The van der Waals surface area contributed by atoms with Crippen LogP contribution in [0.1, 0.15) is 5.69 Å². The van der Waals surface area contributed by atoms with Crippen LogP contribution in [0.25, 0.3) is 16.7 Å². The zero-order valence-electron chi connectivity index (χ0n) is 14.0. The quantitative estimate of drug-likeness (QED) is 0.737. The first-order valence-electron chi connectivity index (χ1n) is 8.44. The third-order valence-electron chi connectivity index (χ3n) is 4.91. The molecule has 11 heteroatoms. The smallest absolute Gasteiger partial charge is 0.296 e. The van der Waals surface area contributed by atoms with E-state index >= 15 is 0 Å². The number of nitrogens with one attached hydrogen (secondary N) is 1. The molecule has 0 bridgehead atoms. The molecular weight excluding hydrogens is 398 g/mol. The highest BCUT2D eigenvalue weighted by molar-refractivity contribution is 7.92. The van der Waals surface area contributed by atoms with E-state index in [4.69, 9.17) is 25.8 Å². The molecular formula is C16H16ClN3O6S. The van der Waals surface area contributed by atoms with Crippen molar-refractivity contribution in [2.45, 2.75) is 24.4 Å². The molecule has 4 unspecified atom stereocenters. The maximum absolute atomic E-state index is 11.7. The van der Waals surface area contributed by atoms with Crippen molar-refractivity contribution >= 4 is 38.2 Å². The predicted molar refractivity (Wildman–Crippen MR) is 95.4 cm³/mol. The molecule has 2 aromatic heterocycles. The van der Waals surface area contributed by atoms with Crippen molar-refractivity contribution in [3.8, 4) is 6.01 Å². The Kier molecular flexibility index (Phi) is 3.96. The Balaban J connectivity index is 1.41. The van der Waals surface area contributed by atoms with Gasteiger partial charge in [0.1, 0.15) is 18.3 Å². The molecule has 0 radical (unpaired) electrons. The first-order valence-corrected chi connectivity index (χ1v) is 10.6. The van der Waals surface area contributed by atoms with Crippen LogP contribution < -0.4 is 4.74 Å². The van der Waals surface area contributed by atoms with Gasteiger partial charge in [-0.25, -0.2) is 13.4 Å². The van der Waals surface area contributed by atoms with E-state index in [0.29, 0.717) is 27.5 Å². The van der Waals surface area contributed by atoms with Crippen LogP contribution in [0, 0.1) is 0 Å². The van der Waals surface area contributed by atoms with Gasteiger partial charge in [-0.05, 0) is 11.6 Å². The van der Waals surface area contributed by atoms with E-state index in [0.717, 1.165) is 0 Å². The molecule has 144 valence electrons. The van der Waals surface area contributed by atoms with E-state index in [2.05, 4.69) is 15.0 Å². The van der Waals surface area contributed by atoms with E-state index in [1.165, 1.54) is 0 Å². The molecule has 0 aromatic carbocycles. The zero-order valence-corrected chi connectivity index (χ0v) is 15.5. The van der Waals surface area contributed by atoms with Crippen LogP contribution in [0.2, 0.25) is 5.02 Å². The average Bonchev–Trinajstić information content (AvgIpc) is 3.34. The van der Waals surface area contributed by atoms with Crippen molar-refractivity contribution in [3.63, 3.8) is 0 Å². The van der Waals surface area contributed by atoms with Gasteiger partial charge in [0.05, 0.1) is 41.0 Å². The number of fused-ring (bicyclic) bond motifs is 2. The van der Waals surface area contributed by atoms with Gasteiger partial charge in [-0.3, -0.25) is 0 Å². The molecule has 0 aliphatic carbocycles. The second-order valence-electron chi connectivity index (χ2n) is 6.84. The van der Waals surface area contributed by atoms with Crippen molar-refractivity contribution in [1.82, 2.24) is 15.0 Å². The van der Waals surface area contributed by atoms with Crippen LogP contribution in [-0.4, -0.2) is 77.6 Å². The molecule has 5 rings (SSSR count). The molecule has 2 aromatic rings. The van der Waals surface area contributed by atoms with Crippen LogP contribution in [0.3, 0.4) is 0 Å². The van der Waals surface area contributed by atoms with E-state index in [9.17, 15) is 13.5 Å². The SMILES string of the molecule is O=S1(=O)CC=C(c2nc3nc(OC4COC5C(O)COC45)[nH]c3cc2Cl)C1. The summed E-state index contributed by atoms with van der Waals surface area (Å²) in [6, 6.07) is 1.88. The molecule has 27 heavy (non-hydrogen) atoms. The number of ether oxygens (including phenoxy) is 3. The summed E-state index contributed by atoms with van der Waals surface area (Å²) in [4.78, 5) is 11.7. The number of sulfone groups is 1. The van der Waals surface area contributed by atoms with Gasteiger partial charge in [-0.15, -0.1) is 0 Å². The number of pyridine rings is 1. The lowest BCUT2D eigenvalue weighted by Gasteiger charge is -2.15. The number of halogens is 1. The summed E-state index contributed by atoms with van der Waals surface area (Å²) >= 11 is 6.29. The Hall–Kier alpha value is -1.72. The lowest BCUT2D eigenvalue weighted by molar-refractivity contribution is 0.00706. The maximum atomic E-state index is 11.7. The fourth-order valence-electron chi connectivity index (χ4n) is 3.61. The Morgan fingerprint density at radius 1 is 1.26 bits per heavy atom.